The molecule has 0 radical (unpaired) electrons. The Bertz CT molecular complexity index is 1300. The molecule has 180 valence electrons. The highest BCUT2D eigenvalue weighted by Crippen LogP contribution is 2.42. The van der Waals surface area contributed by atoms with Gasteiger partial charge >= 0.3 is 0 Å². The smallest absolute Gasteiger partial charge is 0.300 e. The van der Waals surface area contributed by atoms with Crippen LogP contribution in [-0.2, 0) is 9.59 Å². The van der Waals surface area contributed by atoms with E-state index in [2.05, 4.69) is 13.8 Å². The number of nitrogens with zero attached hydrogens (tertiary/aromatic N) is 1. The molecule has 0 spiro atoms. The van der Waals surface area contributed by atoms with Crippen LogP contribution in [0.5, 0.6) is 5.75 Å². The molecule has 1 heterocycles. The van der Waals surface area contributed by atoms with Crippen LogP contribution in [0.1, 0.15) is 47.7 Å². The van der Waals surface area contributed by atoms with Gasteiger partial charge in [-0.3, -0.25) is 14.5 Å². The number of aliphatic hydroxyl groups excluding tert-OH is 1. The van der Waals surface area contributed by atoms with Crippen molar-refractivity contribution in [2.24, 2.45) is 5.92 Å². The third-order valence-corrected chi connectivity index (χ3v) is 6.28. The van der Waals surface area contributed by atoms with Crippen LogP contribution in [0.4, 0.5) is 5.69 Å². The van der Waals surface area contributed by atoms with Gasteiger partial charge in [-0.05, 0) is 73.7 Å². The maximum Gasteiger partial charge on any atom is 0.300 e. The number of carbonyl (C=O) groups excluding carboxylic acids is 2. The molecular weight excluding hydrogens is 438 g/mol. The van der Waals surface area contributed by atoms with Gasteiger partial charge in [0, 0.05) is 11.3 Å². The normalized spacial score (nSPS) is 17.3. The summed E-state index contributed by atoms with van der Waals surface area (Å²) in [5.41, 5.74) is 5.00. The molecule has 1 N–H and O–H groups in total. The molecule has 1 unspecified atom stereocenters. The zero-order valence-electron chi connectivity index (χ0n) is 20.8. The Morgan fingerprint density at radius 2 is 1.66 bits per heavy atom. The Kier molecular flexibility index (Phi) is 6.79. The van der Waals surface area contributed by atoms with Crippen LogP contribution in [0, 0.1) is 26.7 Å². The van der Waals surface area contributed by atoms with Gasteiger partial charge in [0.1, 0.15) is 11.5 Å². The van der Waals surface area contributed by atoms with Crippen molar-refractivity contribution in [2.75, 3.05) is 11.5 Å². The van der Waals surface area contributed by atoms with Crippen LogP contribution >= 0.6 is 0 Å². The fourth-order valence-electron chi connectivity index (χ4n) is 4.26. The number of rotatable bonds is 6. The lowest BCUT2D eigenvalue weighted by Gasteiger charge is -2.26. The summed E-state index contributed by atoms with van der Waals surface area (Å²) < 4.78 is 5.78. The van der Waals surface area contributed by atoms with E-state index in [0.717, 1.165) is 22.3 Å². The SMILES string of the molecule is Cc1cccc(C2/C(=C(/O)c3ccc(C)c(C)c3)C(=O)C(=O)N2c2ccc(OCC(C)C)cc2)c1. The number of ketones is 1. The molecular formula is C30H31NO4. The summed E-state index contributed by atoms with van der Waals surface area (Å²) in [5.74, 6) is -0.456. The number of amides is 1. The number of carbonyl (C=O) groups is 2. The molecule has 0 aliphatic carbocycles. The van der Waals surface area contributed by atoms with Gasteiger partial charge in [0.2, 0.25) is 0 Å². The fourth-order valence-corrected chi connectivity index (χ4v) is 4.26. The quantitative estimate of drug-likeness (QED) is 0.262. The largest absolute Gasteiger partial charge is 0.507 e. The molecule has 0 aromatic heterocycles. The highest BCUT2D eigenvalue weighted by atomic mass is 16.5. The van der Waals surface area contributed by atoms with E-state index in [1.165, 1.54) is 4.90 Å². The Hall–Kier alpha value is -3.86. The Labute approximate surface area is 206 Å². The van der Waals surface area contributed by atoms with Crippen molar-refractivity contribution in [1.82, 2.24) is 0 Å². The maximum atomic E-state index is 13.3. The second kappa shape index (κ2) is 9.79. The van der Waals surface area contributed by atoms with Gasteiger partial charge in [0.05, 0.1) is 18.2 Å². The highest BCUT2D eigenvalue weighted by molar-refractivity contribution is 6.51. The third-order valence-electron chi connectivity index (χ3n) is 6.28. The molecule has 0 bridgehead atoms. The molecule has 4 rings (SSSR count). The molecule has 1 aliphatic rings. The lowest BCUT2D eigenvalue weighted by atomic mass is 9.93. The zero-order chi connectivity index (χ0) is 25.3. The zero-order valence-corrected chi connectivity index (χ0v) is 20.8. The first kappa shape index (κ1) is 24.3. The van der Waals surface area contributed by atoms with Gasteiger partial charge in [-0.2, -0.15) is 0 Å². The van der Waals surface area contributed by atoms with Crippen LogP contribution in [0.3, 0.4) is 0 Å². The molecule has 1 atom stereocenters. The number of aliphatic hydroxyl groups is 1. The molecule has 5 nitrogen and oxygen atoms in total. The van der Waals surface area contributed by atoms with E-state index < -0.39 is 17.7 Å². The first-order valence-corrected chi connectivity index (χ1v) is 11.9. The summed E-state index contributed by atoms with van der Waals surface area (Å²) in [7, 11) is 0. The molecule has 0 saturated carbocycles. The van der Waals surface area contributed by atoms with Gasteiger partial charge in [0.25, 0.3) is 11.7 Å². The minimum atomic E-state index is -0.751. The maximum absolute atomic E-state index is 13.3. The van der Waals surface area contributed by atoms with Crippen LogP contribution in [-0.4, -0.2) is 23.4 Å². The van der Waals surface area contributed by atoms with Crippen molar-refractivity contribution in [1.29, 1.82) is 0 Å². The molecule has 5 heteroatoms. The third kappa shape index (κ3) is 4.85. The highest BCUT2D eigenvalue weighted by Gasteiger charge is 2.47. The molecule has 3 aromatic carbocycles. The van der Waals surface area contributed by atoms with Crippen molar-refractivity contribution >= 4 is 23.1 Å². The Morgan fingerprint density at radius 1 is 0.943 bits per heavy atom. The average molecular weight is 470 g/mol. The lowest BCUT2D eigenvalue weighted by Crippen LogP contribution is -2.29. The standard InChI is InChI=1S/C30H31NO4/c1-18(2)17-35-25-13-11-24(12-14-25)31-27(22-8-6-7-19(3)15-22)26(29(33)30(31)34)28(32)23-10-9-20(4)21(5)16-23/h6-16,18,27,32H,17H2,1-5H3/b28-26-. The predicted octanol–water partition coefficient (Wildman–Crippen LogP) is 6.27. The van der Waals surface area contributed by atoms with Crippen LogP contribution in [0.25, 0.3) is 5.76 Å². The predicted molar refractivity (Wildman–Crippen MR) is 139 cm³/mol. The number of anilines is 1. The molecule has 1 saturated heterocycles. The van der Waals surface area contributed by atoms with E-state index >= 15 is 0 Å². The monoisotopic (exact) mass is 469 g/mol. The van der Waals surface area contributed by atoms with E-state index in [-0.39, 0.29) is 11.3 Å². The number of Topliss-reactive ketones (excluding diaryl/α,β-unsaturated/α-hetero) is 1. The summed E-state index contributed by atoms with van der Waals surface area (Å²) >= 11 is 0. The summed E-state index contributed by atoms with van der Waals surface area (Å²) in [5, 5.41) is 11.3. The van der Waals surface area contributed by atoms with E-state index in [4.69, 9.17) is 4.74 Å². The summed E-state index contributed by atoms with van der Waals surface area (Å²) in [6, 6.07) is 19.6. The number of hydrogen-bond donors (Lipinski definition) is 1. The lowest BCUT2D eigenvalue weighted by molar-refractivity contribution is -0.132. The molecule has 1 amide bonds. The average Bonchev–Trinajstić information content (AvgIpc) is 3.10. The second-order valence-electron chi connectivity index (χ2n) is 9.58. The van der Waals surface area contributed by atoms with Crippen molar-refractivity contribution in [3.05, 3.63) is 100 Å². The fraction of sp³-hybridized carbons (Fsp3) is 0.267. The van der Waals surface area contributed by atoms with Gasteiger partial charge in [-0.1, -0.05) is 55.8 Å². The summed E-state index contributed by atoms with van der Waals surface area (Å²) in [6.07, 6.45) is 0. The van der Waals surface area contributed by atoms with E-state index in [1.807, 2.05) is 57.2 Å². The molecule has 1 fully saturated rings. The van der Waals surface area contributed by atoms with Crippen molar-refractivity contribution < 1.29 is 19.4 Å². The van der Waals surface area contributed by atoms with Crippen molar-refractivity contribution in [3.63, 3.8) is 0 Å². The van der Waals surface area contributed by atoms with E-state index in [1.54, 1.807) is 30.3 Å². The van der Waals surface area contributed by atoms with Crippen molar-refractivity contribution in [3.8, 4) is 5.75 Å². The minimum Gasteiger partial charge on any atom is -0.507 e. The van der Waals surface area contributed by atoms with Crippen LogP contribution < -0.4 is 9.64 Å². The molecule has 35 heavy (non-hydrogen) atoms. The number of ether oxygens (including phenoxy) is 1. The van der Waals surface area contributed by atoms with Crippen molar-refractivity contribution in [2.45, 2.75) is 40.7 Å². The molecule has 3 aromatic rings. The summed E-state index contributed by atoms with van der Waals surface area (Å²) in [4.78, 5) is 28.1. The topological polar surface area (TPSA) is 66.8 Å². The van der Waals surface area contributed by atoms with Gasteiger partial charge < -0.3 is 9.84 Å². The first-order chi connectivity index (χ1) is 16.7. The number of hydrogen-bond acceptors (Lipinski definition) is 4. The summed E-state index contributed by atoms with van der Waals surface area (Å²) in [6.45, 7) is 10.6. The second-order valence-corrected chi connectivity index (χ2v) is 9.58. The Balaban J connectivity index is 1.84. The van der Waals surface area contributed by atoms with Gasteiger partial charge in [-0.25, -0.2) is 0 Å². The minimum absolute atomic E-state index is 0.0870. The first-order valence-electron chi connectivity index (χ1n) is 11.9. The number of benzene rings is 3. The van der Waals surface area contributed by atoms with Gasteiger partial charge in [0.15, 0.2) is 0 Å². The van der Waals surface area contributed by atoms with Crippen LogP contribution in [0.2, 0.25) is 0 Å². The number of aryl methyl sites for hydroxylation is 3. The van der Waals surface area contributed by atoms with Crippen LogP contribution in [0.15, 0.2) is 72.3 Å². The Morgan fingerprint density at radius 3 is 2.29 bits per heavy atom. The van der Waals surface area contributed by atoms with Gasteiger partial charge in [-0.15, -0.1) is 0 Å². The molecule has 1 aliphatic heterocycles. The van der Waals surface area contributed by atoms with E-state index in [9.17, 15) is 14.7 Å². The van der Waals surface area contributed by atoms with E-state index in [0.29, 0.717) is 29.5 Å².